The molecule has 4 nitrogen and oxygen atoms in total. The Bertz CT molecular complexity index is 1140. The number of para-hydroxylation sites is 1. The van der Waals surface area contributed by atoms with Gasteiger partial charge in [-0.2, -0.15) is 16.8 Å². The number of thiazole rings is 2. The van der Waals surface area contributed by atoms with Gasteiger partial charge in [-0.1, -0.05) is 23.5 Å². The molecule has 0 N–H and O–H groups in total. The van der Waals surface area contributed by atoms with E-state index in [9.17, 15) is 9.18 Å². The van der Waals surface area contributed by atoms with Crippen LogP contribution in [0.3, 0.4) is 0 Å². The highest BCUT2D eigenvalue weighted by Crippen LogP contribution is 2.23. The summed E-state index contributed by atoms with van der Waals surface area (Å²) in [5.41, 5.74) is 1.69. The molecule has 4 rings (SSSR count). The number of thioether (sulfide) groups is 1. The fraction of sp³-hybridized carbons (Fsp3) is 0.167. The molecular formula is C18H14FN3OS3. The summed E-state index contributed by atoms with van der Waals surface area (Å²) in [7, 11) is 0. The van der Waals surface area contributed by atoms with Crippen LogP contribution in [0, 0.1) is 5.82 Å². The fourth-order valence-electron chi connectivity index (χ4n) is 2.63. The quantitative estimate of drug-likeness (QED) is 0.502. The lowest BCUT2D eigenvalue weighted by molar-refractivity contribution is 0.0997. The number of aromatic nitrogens is 2. The van der Waals surface area contributed by atoms with Gasteiger partial charge in [-0.3, -0.25) is 4.79 Å². The van der Waals surface area contributed by atoms with Gasteiger partial charge < -0.3 is 4.57 Å². The van der Waals surface area contributed by atoms with Crippen LogP contribution in [0.2, 0.25) is 0 Å². The van der Waals surface area contributed by atoms with Gasteiger partial charge in [0.15, 0.2) is 9.81 Å². The van der Waals surface area contributed by atoms with Crippen LogP contribution in [-0.2, 0) is 6.54 Å². The van der Waals surface area contributed by atoms with E-state index in [2.05, 4.69) is 9.98 Å². The van der Waals surface area contributed by atoms with E-state index in [0.717, 1.165) is 26.2 Å². The van der Waals surface area contributed by atoms with Crippen molar-refractivity contribution in [2.75, 3.05) is 12.0 Å². The molecule has 0 aliphatic rings. The van der Waals surface area contributed by atoms with Crippen molar-refractivity contribution in [2.45, 2.75) is 6.54 Å². The molecular weight excluding hydrogens is 389 g/mol. The summed E-state index contributed by atoms with van der Waals surface area (Å²) in [5.74, 6) is 0.224. The molecule has 0 unspecified atom stereocenters. The monoisotopic (exact) mass is 403 g/mol. The maximum Gasteiger partial charge on any atom is 0.308 e. The molecule has 0 spiro atoms. The van der Waals surface area contributed by atoms with E-state index in [1.165, 1.54) is 34.8 Å². The average Bonchev–Trinajstić information content (AvgIpc) is 3.20. The van der Waals surface area contributed by atoms with Crippen LogP contribution >= 0.6 is 34.4 Å². The van der Waals surface area contributed by atoms with Crippen molar-refractivity contribution >= 4 is 60.8 Å². The Labute approximate surface area is 161 Å². The molecule has 2 heterocycles. The molecule has 0 fully saturated rings. The average molecular weight is 404 g/mol. The van der Waals surface area contributed by atoms with Gasteiger partial charge >= 0.3 is 5.91 Å². The molecule has 0 aliphatic carbocycles. The summed E-state index contributed by atoms with van der Waals surface area (Å²) in [6.45, 7) is 0.707. The first kappa shape index (κ1) is 17.4. The van der Waals surface area contributed by atoms with Crippen molar-refractivity contribution in [2.24, 2.45) is 4.99 Å². The summed E-state index contributed by atoms with van der Waals surface area (Å²) in [6.07, 6.45) is 2.03. The van der Waals surface area contributed by atoms with Crippen molar-refractivity contribution < 1.29 is 9.18 Å². The number of aryl methyl sites for hydroxylation is 1. The third-order valence-electron chi connectivity index (χ3n) is 3.84. The zero-order chi connectivity index (χ0) is 18.1. The Morgan fingerprint density at radius 3 is 2.88 bits per heavy atom. The van der Waals surface area contributed by atoms with Crippen LogP contribution in [-0.4, -0.2) is 27.5 Å². The molecule has 1 amide bonds. The Morgan fingerprint density at radius 1 is 1.23 bits per heavy atom. The molecule has 0 saturated carbocycles. The first-order valence-electron chi connectivity index (χ1n) is 7.88. The maximum atomic E-state index is 13.6. The summed E-state index contributed by atoms with van der Waals surface area (Å²) < 4.78 is 17.3. The molecule has 2 aromatic carbocycles. The van der Waals surface area contributed by atoms with Crippen molar-refractivity contribution in [1.29, 1.82) is 0 Å². The van der Waals surface area contributed by atoms with Crippen LogP contribution in [0.15, 0.2) is 47.5 Å². The minimum absolute atomic E-state index is 0.292. The van der Waals surface area contributed by atoms with E-state index in [0.29, 0.717) is 16.4 Å². The number of rotatable bonds is 4. The minimum atomic E-state index is -0.365. The van der Waals surface area contributed by atoms with Gasteiger partial charge in [-0.05, 0) is 36.6 Å². The van der Waals surface area contributed by atoms with E-state index >= 15 is 0 Å². The van der Waals surface area contributed by atoms with E-state index in [1.807, 2.05) is 35.1 Å². The number of hydrogen-bond acceptors (Lipinski definition) is 5. The molecule has 0 atom stereocenters. The van der Waals surface area contributed by atoms with Gasteiger partial charge in [-0.15, -0.1) is 11.3 Å². The Balaban J connectivity index is 1.81. The van der Waals surface area contributed by atoms with E-state index in [1.54, 1.807) is 17.8 Å². The second kappa shape index (κ2) is 7.30. The van der Waals surface area contributed by atoms with Crippen molar-refractivity contribution in [3.05, 3.63) is 58.1 Å². The lowest BCUT2D eigenvalue weighted by Gasteiger charge is -2.03. The maximum absolute atomic E-state index is 13.6. The summed E-state index contributed by atoms with van der Waals surface area (Å²) >= 11 is 4.37. The Kier molecular flexibility index (Phi) is 4.88. The van der Waals surface area contributed by atoms with Crippen LogP contribution in [0.4, 0.5) is 4.39 Å². The molecule has 132 valence electrons. The second-order valence-electron chi connectivity index (χ2n) is 5.54. The van der Waals surface area contributed by atoms with Crippen molar-refractivity contribution in [1.82, 2.24) is 9.55 Å². The van der Waals surface area contributed by atoms with Crippen LogP contribution in [0.25, 0.3) is 20.4 Å². The summed E-state index contributed by atoms with van der Waals surface area (Å²) in [6, 6.07) is 12.3. The molecule has 4 aromatic rings. The Hall–Kier alpha value is -2.03. The molecule has 0 aliphatic heterocycles. The lowest BCUT2D eigenvalue weighted by atomic mass is 10.3. The molecule has 0 bridgehead atoms. The predicted molar refractivity (Wildman–Crippen MR) is 108 cm³/mol. The Morgan fingerprint density at radius 2 is 2.08 bits per heavy atom. The summed E-state index contributed by atoms with van der Waals surface area (Å²) in [4.78, 5) is 21.9. The number of halogens is 1. The number of carbonyl (C=O) groups is 1. The highest BCUT2D eigenvalue weighted by molar-refractivity contribution is 7.98. The molecule has 8 heteroatoms. The van der Waals surface area contributed by atoms with Crippen LogP contribution < -0.4 is 4.80 Å². The molecule has 0 saturated heterocycles. The number of carbonyl (C=O) groups excluding carboxylic acids is 1. The SMILES string of the molecule is CSCCn1c(=NC(=O)c2nc3ccccc3s2)sc2cc(F)ccc21. The number of nitrogens with zero attached hydrogens (tertiary/aromatic N) is 3. The first-order valence-corrected chi connectivity index (χ1v) is 10.9. The summed E-state index contributed by atoms with van der Waals surface area (Å²) in [5, 5.41) is 0.367. The molecule has 0 radical (unpaired) electrons. The van der Waals surface area contributed by atoms with Gasteiger partial charge in [0.25, 0.3) is 0 Å². The molecule has 26 heavy (non-hydrogen) atoms. The number of hydrogen-bond donors (Lipinski definition) is 0. The normalized spacial score (nSPS) is 12.3. The lowest BCUT2D eigenvalue weighted by Crippen LogP contribution is -2.18. The van der Waals surface area contributed by atoms with E-state index in [4.69, 9.17) is 0 Å². The van der Waals surface area contributed by atoms with Gasteiger partial charge in [0.2, 0.25) is 0 Å². The van der Waals surface area contributed by atoms with Crippen molar-refractivity contribution in [3.63, 3.8) is 0 Å². The number of amides is 1. The standard InChI is InChI=1S/C18H14FN3OS3/c1-24-9-8-22-13-7-6-11(19)10-15(13)26-18(22)21-16(23)17-20-12-4-2-3-5-14(12)25-17/h2-7,10H,8-9H2,1H3. The largest absolute Gasteiger partial charge is 0.316 e. The smallest absolute Gasteiger partial charge is 0.308 e. The van der Waals surface area contributed by atoms with Gasteiger partial charge in [0, 0.05) is 12.3 Å². The van der Waals surface area contributed by atoms with Gasteiger partial charge in [0.1, 0.15) is 5.82 Å². The minimum Gasteiger partial charge on any atom is -0.316 e. The van der Waals surface area contributed by atoms with Crippen molar-refractivity contribution in [3.8, 4) is 0 Å². The number of benzene rings is 2. The second-order valence-corrected chi connectivity index (χ2v) is 8.57. The third-order valence-corrected chi connectivity index (χ3v) is 6.49. The van der Waals surface area contributed by atoms with E-state index < -0.39 is 0 Å². The zero-order valence-corrected chi connectivity index (χ0v) is 16.3. The predicted octanol–water partition coefficient (Wildman–Crippen LogP) is 4.56. The molecule has 2 aromatic heterocycles. The highest BCUT2D eigenvalue weighted by Gasteiger charge is 2.13. The van der Waals surface area contributed by atoms with E-state index in [-0.39, 0.29) is 11.7 Å². The highest BCUT2D eigenvalue weighted by atomic mass is 32.2. The van der Waals surface area contributed by atoms with Crippen LogP contribution in [0.5, 0.6) is 0 Å². The fourth-order valence-corrected chi connectivity index (χ4v) is 4.92. The third kappa shape index (κ3) is 3.32. The number of fused-ring (bicyclic) bond motifs is 2. The zero-order valence-electron chi connectivity index (χ0n) is 13.8. The van der Waals surface area contributed by atoms with Crippen LogP contribution in [0.1, 0.15) is 9.80 Å². The first-order chi connectivity index (χ1) is 12.7. The van der Waals surface area contributed by atoms with Gasteiger partial charge in [0.05, 0.1) is 20.4 Å². The topological polar surface area (TPSA) is 47.2 Å². The van der Waals surface area contributed by atoms with Gasteiger partial charge in [-0.25, -0.2) is 9.37 Å².